The van der Waals surface area contributed by atoms with E-state index in [9.17, 15) is 4.79 Å². The first kappa shape index (κ1) is 30.5. The Morgan fingerprint density at radius 3 is 2.11 bits per heavy atom. The van der Waals surface area contributed by atoms with Crippen LogP contribution >= 0.6 is 0 Å². The molecule has 0 radical (unpaired) electrons. The van der Waals surface area contributed by atoms with Crippen molar-refractivity contribution in [1.29, 1.82) is 0 Å². The summed E-state index contributed by atoms with van der Waals surface area (Å²) < 4.78 is 33.4. The molecule has 28 heavy (non-hydrogen) atoms. The van der Waals surface area contributed by atoms with Crippen LogP contribution in [0.1, 0.15) is 38.8 Å². The Morgan fingerprint density at radius 2 is 1.61 bits per heavy atom. The Hall–Kier alpha value is -2.22. The second kappa shape index (κ2) is 16.9. The van der Waals surface area contributed by atoms with E-state index >= 15 is 0 Å². The van der Waals surface area contributed by atoms with Crippen molar-refractivity contribution in [3.63, 3.8) is 0 Å². The van der Waals surface area contributed by atoms with Gasteiger partial charge in [-0.2, -0.15) is 0 Å². The predicted octanol–water partition coefficient (Wildman–Crippen LogP) is 3.82. The molecule has 1 aromatic carbocycles. The third kappa shape index (κ3) is 10.2. The molecule has 1 heterocycles. The average Bonchev–Trinajstić information content (AvgIpc) is 2.71. The van der Waals surface area contributed by atoms with E-state index in [1.54, 1.807) is 12.0 Å². The number of hydrogen-bond donors (Lipinski definition) is 0. The summed E-state index contributed by atoms with van der Waals surface area (Å²) in [5, 5.41) is 0. The van der Waals surface area contributed by atoms with E-state index in [1.165, 1.54) is 0 Å². The fourth-order valence-corrected chi connectivity index (χ4v) is 2.43. The largest absolute Gasteiger partial charge is 0 e. The molecule has 0 N–H and O–H groups in total. The minimum atomic E-state index is -0.496. The maximum Gasteiger partial charge on any atom is 0 e. The van der Waals surface area contributed by atoms with Gasteiger partial charge in [0.15, 0.2) is 0 Å². The quantitative estimate of drug-likeness (QED) is 0.409. The number of para-hydroxylation sites is 1. The van der Waals surface area contributed by atoms with Crippen LogP contribution < -0.4 is 4.74 Å². The number of hydrogen-bond acceptors (Lipinski definition) is 3. The van der Waals surface area contributed by atoms with Gasteiger partial charge < -0.3 is 9.47 Å². The zero-order valence-electron chi connectivity index (χ0n) is 16.3. The standard InChI is InChI=1S/C17H23NO3.3CO.Cr/c1-17(2,3)21-16(19)18-12-8-7-10-14(18)13-9-5-6-11-15(13)20-4;3*1-2;/h5-9,11,14H,10,12H2,1-4H3;;;;. The van der Waals surface area contributed by atoms with E-state index in [-0.39, 0.29) is 29.5 Å². The van der Waals surface area contributed by atoms with E-state index in [4.69, 9.17) is 23.4 Å². The van der Waals surface area contributed by atoms with Gasteiger partial charge in [-0.1, -0.05) is 30.4 Å². The van der Waals surface area contributed by atoms with Crippen LogP contribution in [0.2, 0.25) is 0 Å². The summed E-state index contributed by atoms with van der Waals surface area (Å²) in [6.45, 7) is 19.7. The minimum absolute atomic E-state index is 0. The smallest absolute Gasteiger partial charge is 0 e. The zero-order chi connectivity index (χ0) is 21.5. The van der Waals surface area contributed by atoms with Crippen molar-refractivity contribution < 1.29 is 45.6 Å². The molecule has 2 rings (SSSR count). The molecule has 7 nitrogen and oxygen atoms in total. The Labute approximate surface area is 177 Å². The first-order valence-electron chi connectivity index (χ1n) is 7.81. The van der Waals surface area contributed by atoms with Crippen molar-refractivity contribution in [2.45, 2.75) is 38.8 Å². The van der Waals surface area contributed by atoms with Gasteiger partial charge in [0.05, 0.1) is 13.2 Å². The number of benzene rings is 1. The summed E-state index contributed by atoms with van der Waals surface area (Å²) in [6.07, 6.45) is 4.57. The first-order chi connectivity index (χ1) is 12.9. The minimum Gasteiger partial charge on any atom is 0 e. The van der Waals surface area contributed by atoms with Crippen LogP contribution in [0, 0.1) is 20.0 Å². The molecule has 1 unspecified atom stereocenters. The van der Waals surface area contributed by atoms with Crippen LogP contribution in [0.25, 0.3) is 0 Å². The van der Waals surface area contributed by atoms with Crippen molar-refractivity contribution in [3.8, 4) is 5.75 Å². The number of methoxy groups -OCH3 is 1. The molecule has 0 bridgehead atoms. The second-order valence-corrected chi connectivity index (χ2v) is 6.10. The van der Waals surface area contributed by atoms with Crippen LogP contribution in [0.4, 0.5) is 4.79 Å². The second-order valence-electron chi connectivity index (χ2n) is 6.10. The van der Waals surface area contributed by atoms with Gasteiger partial charge in [0.2, 0.25) is 0 Å². The molecular formula is C20H23CrNO6. The zero-order valence-corrected chi connectivity index (χ0v) is 17.5. The van der Waals surface area contributed by atoms with E-state index in [2.05, 4.69) is 26.0 Å². The van der Waals surface area contributed by atoms with Gasteiger partial charge in [0.25, 0.3) is 0 Å². The number of carbonyl (C=O) groups excluding carboxylic acids is 1. The van der Waals surface area contributed by atoms with Crippen LogP contribution in [0.3, 0.4) is 0 Å². The Balaban J connectivity index is -0.000000815. The maximum absolute atomic E-state index is 12.4. The van der Waals surface area contributed by atoms with Gasteiger partial charge >= 0.3 is 40.0 Å². The number of nitrogens with zero attached hydrogens (tertiary/aromatic N) is 1. The van der Waals surface area contributed by atoms with E-state index in [1.807, 2.05) is 51.1 Å². The van der Waals surface area contributed by atoms with Crippen molar-refractivity contribution in [3.05, 3.63) is 61.9 Å². The molecule has 0 saturated heterocycles. The van der Waals surface area contributed by atoms with Crippen molar-refractivity contribution in [2.75, 3.05) is 13.7 Å². The topological polar surface area (TPSA) is 98.5 Å². The molecule has 0 saturated carbocycles. The van der Waals surface area contributed by atoms with E-state index in [0.717, 1.165) is 17.7 Å². The maximum atomic E-state index is 12.4. The van der Waals surface area contributed by atoms with E-state index in [0.29, 0.717) is 6.54 Å². The molecular weight excluding hydrogens is 402 g/mol. The third-order valence-electron chi connectivity index (χ3n) is 3.33. The van der Waals surface area contributed by atoms with Gasteiger partial charge in [-0.15, -0.1) is 0 Å². The molecule has 150 valence electrons. The van der Waals surface area contributed by atoms with Crippen LogP contribution in [-0.2, 0) is 36.1 Å². The average molecular weight is 425 g/mol. The normalized spacial score (nSPS) is 14.1. The Bertz CT molecular complexity index is 646. The van der Waals surface area contributed by atoms with Crippen LogP contribution in [0.5, 0.6) is 5.75 Å². The first-order valence-corrected chi connectivity index (χ1v) is 7.81. The summed E-state index contributed by atoms with van der Waals surface area (Å²) in [4.78, 5) is 14.2. The Morgan fingerprint density at radius 1 is 1.07 bits per heavy atom. The van der Waals surface area contributed by atoms with Gasteiger partial charge in [-0.25, -0.2) is 4.79 Å². The van der Waals surface area contributed by atoms with Gasteiger partial charge in [-0.3, -0.25) is 4.90 Å². The molecule has 0 aliphatic carbocycles. The monoisotopic (exact) mass is 425 g/mol. The number of carbonyl (C=O) groups is 1. The fourth-order valence-electron chi connectivity index (χ4n) is 2.43. The molecule has 1 aliphatic heterocycles. The summed E-state index contributed by atoms with van der Waals surface area (Å²) >= 11 is 0. The van der Waals surface area contributed by atoms with Gasteiger partial charge in [-0.05, 0) is 33.3 Å². The molecule has 0 fully saturated rings. The van der Waals surface area contributed by atoms with Crippen LogP contribution in [0.15, 0.2) is 36.4 Å². The SMILES string of the molecule is COc1ccccc1C1CC=CCN1C(=O)OC(C)(C)C.[C-]#[O+].[C-]#[O+].[C-]#[O+].[Cr]. The fraction of sp³-hybridized carbons (Fsp3) is 0.400. The van der Waals surface area contributed by atoms with Crippen molar-refractivity contribution in [2.24, 2.45) is 0 Å². The number of amides is 1. The molecule has 1 aliphatic rings. The molecule has 0 aromatic heterocycles. The molecule has 1 amide bonds. The molecule has 1 atom stereocenters. The third-order valence-corrected chi connectivity index (χ3v) is 3.33. The van der Waals surface area contributed by atoms with Crippen molar-refractivity contribution in [1.82, 2.24) is 4.90 Å². The number of rotatable bonds is 2. The number of ether oxygens (including phenoxy) is 2. The van der Waals surface area contributed by atoms with Crippen LogP contribution in [-0.4, -0.2) is 30.2 Å². The molecule has 0 spiro atoms. The predicted molar refractivity (Wildman–Crippen MR) is 94.2 cm³/mol. The Kier molecular flexibility index (Phi) is 18.4. The summed E-state index contributed by atoms with van der Waals surface area (Å²) in [5.74, 6) is 0.798. The van der Waals surface area contributed by atoms with Crippen molar-refractivity contribution >= 4 is 6.09 Å². The van der Waals surface area contributed by atoms with Gasteiger partial charge in [0.1, 0.15) is 11.4 Å². The molecule has 1 aromatic rings. The summed E-state index contributed by atoms with van der Waals surface area (Å²) in [5.41, 5.74) is 0.513. The van der Waals surface area contributed by atoms with Gasteiger partial charge in [0, 0.05) is 29.5 Å². The van der Waals surface area contributed by atoms with E-state index < -0.39 is 5.60 Å². The summed E-state index contributed by atoms with van der Waals surface area (Å²) in [6, 6.07) is 7.75. The molecule has 8 heteroatoms. The summed E-state index contributed by atoms with van der Waals surface area (Å²) in [7, 11) is 1.65.